The minimum absolute atomic E-state index is 0.520. The van der Waals surface area contributed by atoms with Crippen LogP contribution in [0.4, 0.5) is 0 Å². The monoisotopic (exact) mass is 150 g/mol. The first kappa shape index (κ1) is 6.72. The highest BCUT2D eigenvalue weighted by Gasteiger charge is 2.49. The van der Waals surface area contributed by atoms with Crippen LogP contribution < -0.4 is 0 Å². The molecular weight excluding hydrogens is 140 g/mol. The van der Waals surface area contributed by atoms with Gasteiger partial charge in [0.15, 0.2) is 0 Å². The van der Waals surface area contributed by atoms with Crippen LogP contribution in [0.15, 0.2) is 0 Å². The van der Waals surface area contributed by atoms with E-state index in [0.29, 0.717) is 5.92 Å². The topological polar surface area (TPSA) is 37.3 Å². The Morgan fingerprint density at radius 2 is 2.09 bits per heavy atom. The first-order valence-corrected chi connectivity index (χ1v) is 3.99. The van der Waals surface area contributed by atoms with Crippen LogP contribution in [0.25, 0.3) is 0 Å². The molecule has 0 spiro atoms. The second-order valence-corrected chi connectivity index (χ2v) is 3.43. The maximum atomic E-state index is 10.6. The molecular formula is C9H10O2. The van der Waals surface area contributed by atoms with Crippen molar-refractivity contribution in [2.45, 2.75) is 25.7 Å². The average molecular weight is 150 g/mol. The fraction of sp³-hybridized carbons (Fsp3) is 0.667. The fourth-order valence-corrected chi connectivity index (χ4v) is 0.985. The lowest BCUT2D eigenvalue weighted by molar-refractivity contribution is -0.141. The van der Waals surface area contributed by atoms with Crippen molar-refractivity contribution >= 4 is 5.97 Å². The summed E-state index contributed by atoms with van der Waals surface area (Å²) in [7, 11) is 0. The van der Waals surface area contributed by atoms with Gasteiger partial charge in [0.25, 0.3) is 0 Å². The zero-order valence-electron chi connectivity index (χ0n) is 6.26. The molecule has 0 aromatic rings. The van der Waals surface area contributed by atoms with Crippen LogP contribution in [0.2, 0.25) is 0 Å². The van der Waals surface area contributed by atoms with E-state index in [1.165, 1.54) is 12.8 Å². The molecule has 0 amide bonds. The molecule has 0 unspecified atom stereocenters. The first-order valence-electron chi connectivity index (χ1n) is 3.99. The SMILES string of the molecule is O=C(O)C1(C#CC2CC2)CC1. The molecule has 0 saturated heterocycles. The standard InChI is InChI=1S/C9H10O2/c10-8(11)9(5-6-9)4-3-7-1-2-7/h7H,1-2,5-6H2,(H,10,11). The molecule has 0 radical (unpaired) electrons. The highest BCUT2D eigenvalue weighted by Crippen LogP contribution is 2.45. The maximum Gasteiger partial charge on any atom is 0.321 e. The summed E-state index contributed by atoms with van der Waals surface area (Å²) in [5, 5.41) is 8.73. The molecule has 2 aliphatic rings. The van der Waals surface area contributed by atoms with Crippen molar-refractivity contribution in [1.82, 2.24) is 0 Å². The van der Waals surface area contributed by atoms with Crippen molar-refractivity contribution in [3.05, 3.63) is 0 Å². The van der Waals surface area contributed by atoms with Crippen molar-refractivity contribution in [2.24, 2.45) is 11.3 Å². The van der Waals surface area contributed by atoms with E-state index in [1.54, 1.807) is 0 Å². The molecule has 2 rings (SSSR count). The van der Waals surface area contributed by atoms with Crippen LogP contribution in [-0.2, 0) is 4.79 Å². The second kappa shape index (κ2) is 2.01. The van der Waals surface area contributed by atoms with Gasteiger partial charge >= 0.3 is 5.97 Å². The lowest BCUT2D eigenvalue weighted by atomic mass is 10.1. The second-order valence-electron chi connectivity index (χ2n) is 3.43. The lowest BCUT2D eigenvalue weighted by Crippen LogP contribution is -2.11. The Balaban J connectivity index is 2.04. The van der Waals surface area contributed by atoms with Gasteiger partial charge in [-0.1, -0.05) is 11.8 Å². The van der Waals surface area contributed by atoms with Crippen LogP contribution >= 0.6 is 0 Å². The number of rotatable bonds is 1. The van der Waals surface area contributed by atoms with E-state index in [1.807, 2.05) is 0 Å². The number of aliphatic carboxylic acids is 1. The van der Waals surface area contributed by atoms with Crippen LogP contribution in [0, 0.1) is 23.2 Å². The average Bonchev–Trinajstić information content (AvgIpc) is 2.82. The van der Waals surface area contributed by atoms with E-state index in [0.717, 1.165) is 12.8 Å². The first-order chi connectivity index (χ1) is 5.23. The van der Waals surface area contributed by atoms with Gasteiger partial charge in [-0.3, -0.25) is 4.79 Å². The molecule has 0 atom stereocenters. The predicted molar refractivity (Wildman–Crippen MR) is 39.8 cm³/mol. The Bertz CT molecular complexity index is 248. The highest BCUT2D eigenvalue weighted by molar-refractivity contribution is 5.81. The number of carboxylic acids is 1. The van der Waals surface area contributed by atoms with Gasteiger partial charge in [0.05, 0.1) is 0 Å². The number of hydrogen-bond acceptors (Lipinski definition) is 1. The summed E-state index contributed by atoms with van der Waals surface area (Å²) in [6.07, 6.45) is 3.84. The number of hydrogen-bond donors (Lipinski definition) is 1. The summed E-state index contributed by atoms with van der Waals surface area (Å²) in [5.41, 5.74) is -0.622. The highest BCUT2D eigenvalue weighted by atomic mass is 16.4. The molecule has 2 saturated carbocycles. The van der Waals surface area contributed by atoms with Gasteiger partial charge in [-0.2, -0.15) is 0 Å². The molecule has 2 aliphatic carbocycles. The summed E-state index contributed by atoms with van der Waals surface area (Å²) in [6.45, 7) is 0. The van der Waals surface area contributed by atoms with E-state index in [9.17, 15) is 4.79 Å². The molecule has 58 valence electrons. The molecule has 0 aromatic carbocycles. The smallest absolute Gasteiger partial charge is 0.321 e. The summed E-state index contributed by atoms with van der Waals surface area (Å²) in [5.74, 6) is 5.68. The third-order valence-electron chi connectivity index (χ3n) is 2.25. The third-order valence-corrected chi connectivity index (χ3v) is 2.25. The van der Waals surface area contributed by atoms with Crippen molar-refractivity contribution < 1.29 is 9.90 Å². The lowest BCUT2D eigenvalue weighted by Gasteiger charge is -1.96. The minimum atomic E-state index is -0.731. The van der Waals surface area contributed by atoms with Gasteiger partial charge < -0.3 is 5.11 Å². The Hall–Kier alpha value is -0.970. The Morgan fingerprint density at radius 3 is 2.45 bits per heavy atom. The van der Waals surface area contributed by atoms with Gasteiger partial charge in [0.1, 0.15) is 5.41 Å². The van der Waals surface area contributed by atoms with Crippen LogP contribution in [0.5, 0.6) is 0 Å². The molecule has 1 N–H and O–H groups in total. The number of carboxylic acid groups (broad SMARTS) is 1. The third kappa shape index (κ3) is 1.23. The van der Waals surface area contributed by atoms with Crippen molar-refractivity contribution in [3.63, 3.8) is 0 Å². The summed E-state index contributed by atoms with van der Waals surface area (Å²) >= 11 is 0. The zero-order chi connectivity index (χ0) is 7.90. The largest absolute Gasteiger partial charge is 0.480 e. The van der Waals surface area contributed by atoms with E-state index < -0.39 is 11.4 Å². The van der Waals surface area contributed by atoms with Gasteiger partial charge in [-0.05, 0) is 25.7 Å². The van der Waals surface area contributed by atoms with Crippen LogP contribution in [0.1, 0.15) is 25.7 Å². The molecule has 11 heavy (non-hydrogen) atoms. The molecule has 0 aromatic heterocycles. The molecule has 0 aliphatic heterocycles. The van der Waals surface area contributed by atoms with Gasteiger partial charge in [-0.25, -0.2) is 0 Å². The predicted octanol–water partition coefficient (Wildman–Crippen LogP) is 1.26. The van der Waals surface area contributed by atoms with Crippen molar-refractivity contribution in [3.8, 4) is 11.8 Å². The molecule has 2 nitrogen and oxygen atoms in total. The summed E-state index contributed by atoms with van der Waals surface area (Å²) in [4.78, 5) is 10.6. The van der Waals surface area contributed by atoms with E-state index in [-0.39, 0.29) is 0 Å². The van der Waals surface area contributed by atoms with Crippen LogP contribution in [0.3, 0.4) is 0 Å². The van der Waals surface area contributed by atoms with Gasteiger partial charge in [-0.15, -0.1) is 0 Å². The quantitative estimate of drug-likeness (QED) is 0.571. The fourth-order valence-electron chi connectivity index (χ4n) is 0.985. The normalized spacial score (nSPS) is 25.1. The molecule has 0 bridgehead atoms. The number of carbonyl (C=O) groups is 1. The van der Waals surface area contributed by atoms with Gasteiger partial charge in [0, 0.05) is 5.92 Å². The molecule has 0 heterocycles. The van der Waals surface area contributed by atoms with Gasteiger partial charge in [0.2, 0.25) is 0 Å². The summed E-state index contributed by atoms with van der Waals surface area (Å²) < 4.78 is 0. The Morgan fingerprint density at radius 1 is 1.45 bits per heavy atom. The molecule has 2 heteroatoms. The zero-order valence-corrected chi connectivity index (χ0v) is 6.26. The minimum Gasteiger partial charge on any atom is -0.480 e. The Labute approximate surface area is 65.6 Å². The van der Waals surface area contributed by atoms with E-state index >= 15 is 0 Å². The summed E-state index contributed by atoms with van der Waals surface area (Å²) in [6, 6.07) is 0. The molecule has 2 fully saturated rings. The van der Waals surface area contributed by atoms with E-state index in [4.69, 9.17) is 5.11 Å². The maximum absolute atomic E-state index is 10.6. The Kier molecular flexibility index (Phi) is 1.23. The van der Waals surface area contributed by atoms with Crippen molar-refractivity contribution in [2.75, 3.05) is 0 Å². The van der Waals surface area contributed by atoms with Crippen LogP contribution in [-0.4, -0.2) is 11.1 Å². The van der Waals surface area contributed by atoms with E-state index in [2.05, 4.69) is 11.8 Å². The van der Waals surface area contributed by atoms with Crippen molar-refractivity contribution in [1.29, 1.82) is 0 Å².